The maximum atomic E-state index is 13.2. The van der Waals surface area contributed by atoms with Crippen LogP contribution in [0.5, 0.6) is 0 Å². The van der Waals surface area contributed by atoms with Crippen LogP contribution in [0.4, 0.5) is 4.39 Å². The van der Waals surface area contributed by atoms with Gasteiger partial charge in [0.15, 0.2) is 0 Å². The van der Waals surface area contributed by atoms with Crippen LogP contribution in [-0.2, 0) is 0 Å². The van der Waals surface area contributed by atoms with Gasteiger partial charge in [0.2, 0.25) is 0 Å². The standard InChI is InChI=1S/C17H27FN2O/c1-13-6-8-20(9-7-13)12-17(21)11-19-14(2)15-4-3-5-16(18)10-15/h3-5,10,13-14,17,19,21H,6-9,11-12H2,1-2H3. The first-order valence-electron chi connectivity index (χ1n) is 7.94. The number of aliphatic hydroxyl groups is 1. The molecule has 1 aliphatic rings. The lowest BCUT2D eigenvalue weighted by molar-refractivity contribution is 0.0892. The highest BCUT2D eigenvalue weighted by Gasteiger charge is 2.18. The minimum Gasteiger partial charge on any atom is -0.390 e. The van der Waals surface area contributed by atoms with E-state index < -0.39 is 0 Å². The SMILES string of the molecule is CC1CCN(CC(O)CNC(C)c2cccc(F)c2)CC1. The highest BCUT2D eigenvalue weighted by atomic mass is 19.1. The Morgan fingerprint density at radius 3 is 2.76 bits per heavy atom. The van der Waals surface area contributed by atoms with E-state index in [-0.39, 0.29) is 18.0 Å². The molecular formula is C17H27FN2O. The van der Waals surface area contributed by atoms with Crippen LogP contribution in [0.1, 0.15) is 38.3 Å². The van der Waals surface area contributed by atoms with Gasteiger partial charge in [-0.3, -0.25) is 0 Å². The van der Waals surface area contributed by atoms with Gasteiger partial charge in [-0.1, -0.05) is 19.1 Å². The van der Waals surface area contributed by atoms with E-state index in [1.807, 2.05) is 13.0 Å². The number of likely N-dealkylation sites (tertiary alicyclic amines) is 1. The van der Waals surface area contributed by atoms with Gasteiger partial charge < -0.3 is 15.3 Å². The summed E-state index contributed by atoms with van der Waals surface area (Å²) in [4.78, 5) is 2.33. The second kappa shape index (κ2) is 7.87. The van der Waals surface area contributed by atoms with E-state index in [4.69, 9.17) is 0 Å². The lowest BCUT2D eigenvalue weighted by atomic mass is 9.99. The second-order valence-corrected chi connectivity index (χ2v) is 6.32. The third-order valence-electron chi connectivity index (χ3n) is 4.35. The van der Waals surface area contributed by atoms with E-state index in [9.17, 15) is 9.50 Å². The molecule has 1 aromatic carbocycles. The number of aliphatic hydroxyl groups excluding tert-OH is 1. The fourth-order valence-corrected chi connectivity index (χ4v) is 2.81. The van der Waals surface area contributed by atoms with Gasteiger partial charge in [0.25, 0.3) is 0 Å². The molecule has 1 aliphatic heterocycles. The Bertz CT molecular complexity index is 433. The molecule has 21 heavy (non-hydrogen) atoms. The van der Waals surface area contributed by atoms with Crippen LogP contribution in [0.15, 0.2) is 24.3 Å². The second-order valence-electron chi connectivity index (χ2n) is 6.32. The van der Waals surface area contributed by atoms with Crippen molar-refractivity contribution in [2.75, 3.05) is 26.2 Å². The molecule has 1 saturated heterocycles. The van der Waals surface area contributed by atoms with Gasteiger partial charge in [-0.05, 0) is 56.5 Å². The molecule has 0 bridgehead atoms. The summed E-state index contributed by atoms with van der Waals surface area (Å²) < 4.78 is 13.2. The van der Waals surface area contributed by atoms with Crippen molar-refractivity contribution in [3.05, 3.63) is 35.6 Å². The van der Waals surface area contributed by atoms with E-state index in [1.54, 1.807) is 6.07 Å². The van der Waals surface area contributed by atoms with Gasteiger partial charge in [-0.25, -0.2) is 4.39 Å². The molecule has 0 saturated carbocycles. The normalized spacial score (nSPS) is 20.4. The zero-order valence-electron chi connectivity index (χ0n) is 13.1. The van der Waals surface area contributed by atoms with Crippen LogP contribution >= 0.6 is 0 Å². The summed E-state index contributed by atoms with van der Waals surface area (Å²) >= 11 is 0. The number of benzene rings is 1. The summed E-state index contributed by atoms with van der Waals surface area (Å²) in [7, 11) is 0. The summed E-state index contributed by atoms with van der Waals surface area (Å²) in [5.41, 5.74) is 0.911. The Morgan fingerprint density at radius 1 is 1.38 bits per heavy atom. The predicted octanol–water partition coefficient (Wildman–Crippen LogP) is 2.57. The molecule has 4 heteroatoms. The Morgan fingerprint density at radius 2 is 2.10 bits per heavy atom. The molecule has 2 unspecified atom stereocenters. The third-order valence-corrected chi connectivity index (χ3v) is 4.35. The van der Waals surface area contributed by atoms with Crippen molar-refractivity contribution >= 4 is 0 Å². The molecule has 118 valence electrons. The average Bonchev–Trinajstić information content (AvgIpc) is 2.47. The average molecular weight is 294 g/mol. The minimum atomic E-state index is -0.380. The molecule has 1 heterocycles. The van der Waals surface area contributed by atoms with Crippen LogP contribution in [0.25, 0.3) is 0 Å². The summed E-state index contributed by atoms with van der Waals surface area (Å²) in [6.45, 7) is 7.69. The van der Waals surface area contributed by atoms with Crippen molar-refractivity contribution in [3.8, 4) is 0 Å². The Hall–Kier alpha value is -0.970. The number of nitrogens with zero attached hydrogens (tertiary/aromatic N) is 1. The van der Waals surface area contributed by atoms with Gasteiger partial charge in [-0.2, -0.15) is 0 Å². The fourth-order valence-electron chi connectivity index (χ4n) is 2.81. The van der Waals surface area contributed by atoms with Crippen molar-refractivity contribution in [3.63, 3.8) is 0 Å². The maximum absolute atomic E-state index is 13.2. The number of nitrogens with one attached hydrogen (secondary N) is 1. The molecule has 0 aliphatic carbocycles. The van der Waals surface area contributed by atoms with E-state index >= 15 is 0 Å². The van der Waals surface area contributed by atoms with Crippen molar-refractivity contribution in [2.45, 2.75) is 38.8 Å². The van der Waals surface area contributed by atoms with Gasteiger partial charge in [0.1, 0.15) is 5.82 Å². The molecule has 3 nitrogen and oxygen atoms in total. The van der Waals surface area contributed by atoms with Crippen LogP contribution in [0.2, 0.25) is 0 Å². The first kappa shape index (κ1) is 16.4. The molecule has 0 amide bonds. The van der Waals surface area contributed by atoms with Crippen LogP contribution < -0.4 is 5.32 Å². The molecule has 2 rings (SSSR count). The predicted molar refractivity (Wildman–Crippen MR) is 83.7 cm³/mol. The van der Waals surface area contributed by atoms with E-state index in [1.165, 1.54) is 25.0 Å². The summed E-state index contributed by atoms with van der Waals surface area (Å²) in [5, 5.41) is 13.4. The van der Waals surface area contributed by atoms with Crippen molar-refractivity contribution < 1.29 is 9.50 Å². The molecule has 0 spiro atoms. The largest absolute Gasteiger partial charge is 0.390 e. The maximum Gasteiger partial charge on any atom is 0.123 e. The van der Waals surface area contributed by atoms with Crippen molar-refractivity contribution in [1.29, 1.82) is 0 Å². The van der Waals surface area contributed by atoms with Crippen LogP contribution in [-0.4, -0.2) is 42.3 Å². The highest BCUT2D eigenvalue weighted by Crippen LogP contribution is 2.16. The molecule has 0 aromatic heterocycles. The van der Waals surface area contributed by atoms with Gasteiger partial charge in [0.05, 0.1) is 6.10 Å². The number of piperidine rings is 1. The Labute approximate surface area is 127 Å². The monoisotopic (exact) mass is 294 g/mol. The molecule has 2 N–H and O–H groups in total. The van der Waals surface area contributed by atoms with E-state index in [0.717, 1.165) is 31.1 Å². The zero-order chi connectivity index (χ0) is 15.2. The van der Waals surface area contributed by atoms with E-state index in [0.29, 0.717) is 6.54 Å². The topological polar surface area (TPSA) is 35.5 Å². The van der Waals surface area contributed by atoms with Gasteiger partial charge in [0, 0.05) is 19.1 Å². The first-order valence-corrected chi connectivity index (χ1v) is 7.94. The fraction of sp³-hybridized carbons (Fsp3) is 0.647. The summed E-state index contributed by atoms with van der Waals surface area (Å²) in [6, 6.07) is 6.64. The molecule has 1 fully saturated rings. The number of hydrogen-bond acceptors (Lipinski definition) is 3. The lowest BCUT2D eigenvalue weighted by Crippen LogP contribution is -2.42. The molecule has 2 atom stereocenters. The van der Waals surface area contributed by atoms with Crippen molar-refractivity contribution in [2.24, 2.45) is 5.92 Å². The highest BCUT2D eigenvalue weighted by molar-refractivity contribution is 5.19. The Balaban J connectivity index is 1.72. The molecule has 0 radical (unpaired) electrons. The quantitative estimate of drug-likeness (QED) is 0.846. The Kier molecular flexibility index (Phi) is 6.15. The number of β-amino-alcohol motifs (C(OH)–C–C–N with tert-alkyl or cyclic N) is 1. The lowest BCUT2D eigenvalue weighted by Gasteiger charge is -2.32. The van der Waals surface area contributed by atoms with E-state index in [2.05, 4.69) is 17.1 Å². The molecule has 1 aromatic rings. The van der Waals surface area contributed by atoms with Crippen LogP contribution in [0.3, 0.4) is 0 Å². The zero-order valence-corrected chi connectivity index (χ0v) is 13.1. The number of hydrogen-bond donors (Lipinski definition) is 2. The molecular weight excluding hydrogens is 267 g/mol. The van der Waals surface area contributed by atoms with Crippen molar-refractivity contribution in [1.82, 2.24) is 10.2 Å². The van der Waals surface area contributed by atoms with Crippen LogP contribution in [0, 0.1) is 11.7 Å². The summed E-state index contributed by atoms with van der Waals surface area (Å²) in [6.07, 6.45) is 2.06. The first-order chi connectivity index (χ1) is 10.0. The third kappa shape index (κ3) is 5.38. The summed E-state index contributed by atoms with van der Waals surface area (Å²) in [5.74, 6) is 0.591. The smallest absolute Gasteiger partial charge is 0.123 e. The number of rotatable bonds is 6. The van der Waals surface area contributed by atoms with Gasteiger partial charge in [-0.15, -0.1) is 0 Å². The minimum absolute atomic E-state index is 0.0386. The number of halogens is 1. The van der Waals surface area contributed by atoms with Gasteiger partial charge >= 0.3 is 0 Å².